The molecule has 0 saturated heterocycles. The van der Waals surface area contributed by atoms with Crippen LogP contribution in [0.5, 0.6) is 0 Å². The molecule has 0 aliphatic heterocycles. The minimum Gasteiger partial charge on any atom is -0.477 e. The quantitative estimate of drug-likeness (QED) is 0.779. The lowest BCUT2D eigenvalue weighted by Gasteiger charge is -2.04. The van der Waals surface area contributed by atoms with Crippen LogP contribution in [-0.4, -0.2) is 25.8 Å². The molecule has 2 heterocycles. The van der Waals surface area contributed by atoms with Gasteiger partial charge in [0, 0.05) is 17.3 Å². The van der Waals surface area contributed by atoms with Crippen LogP contribution in [0.3, 0.4) is 0 Å². The molecule has 1 N–H and O–H groups in total. The smallest absolute Gasteiger partial charge is 0.352 e. The minimum atomic E-state index is -0.973. The number of carboxylic acid groups (broad SMARTS) is 1. The number of benzene rings is 1. The Bertz CT molecular complexity index is 788. The number of carboxylic acids is 1. The maximum Gasteiger partial charge on any atom is 0.352 e. The van der Waals surface area contributed by atoms with E-state index in [1.807, 2.05) is 31.2 Å². The Labute approximate surface area is 121 Å². The van der Waals surface area contributed by atoms with Gasteiger partial charge in [0.05, 0.1) is 0 Å². The predicted octanol–water partition coefficient (Wildman–Crippen LogP) is 2.72. The highest BCUT2D eigenvalue weighted by molar-refractivity contribution is 5.94. The molecule has 0 aliphatic rings. The molecule has 0 bridgehead atoms. The Morgan fingerprint density at radius 3 is 2.95 bits per heavy atom. The van der Waals surface area contributed by atoms with Crippen molar-refractivity contribution in [1.29, 1.82) is 0 Å². The number of hydrogen-bond donors (Lipinski definition) is 1. The highest BCUT2D eigenvalue weighted by Gasteiger charge is 2.16. The van der Waals surface area contributed by atoms with E-state index in [-0.39, 0.29) is 12.2 Å². The van der Waals surface area contributed by atoms with Gasteiger partial charge in [0.25, 0.3) is 0 Å². The van der Waals surface area contributed by atoms with Crippen LogP contribution in [0, 0.1) is 0 Å². The molecule has 0 spiro atoms. The van der Waals surface area contributed by atoms with Crippen molar-refractivity contribution in [2.75, 3.05) is 0 Å². The number of aromatic carboxylic acids is 1. The second-order valence-electron chi connectivity index (χ2n) is 4.83. The molecule has 6 heteroatoms. The molecule has 3 rings (SSSR count). The van der Waals surface area contributed by atoms with E-state index in [1.54, 1.807) is 10.6 Å². The number of rotatable bonds is 5. The normalized spacial score (nSPS) is 11.1. The van der Waals surface area contributed by atoms with Crippen LogP contribution >= 0.6 is 0 Å². The molecule has 2 aromatic heterocycles. The van der Waals surface area contributed by atoms with Crippen LogP contribution in [0.25, 0.3) is 10.9 Å². The van der Waals surface area contributed by atoms with Gasteiger partial charge in [0.15, 0.2) is 5.82 Å². The van der Waals surface area contributed by atoms with Crippen LogP contribution in [-0.2, 0) is 13.0 Å². The molecule has 0 aliphatic carbocycles. The van der Waals surface area contributed by atoms with Gasteiger partial charge in [0.2, 0.25) is 5.89 Å². The third kappa shape index (κ3) is 2.52. The summed E-state index contributed by atoms with van der Waals surface area (Å²) < 4.78 is 6.88. The first-order valence-corrected chi connectivity index (χ1v) is 6.82. The number of hydrogen-bond acceptors (Lipinski definition) is 4. The Morgan fingerprint density at radius 1 is 1.38 bits per heavy atom. The average molecular weight is 285 g/mol. The summed E-state index contributed by atoms with van der Waals surface area (Å²) in [5.74, 6) is 0.0997. The number of fused-ring (bicyclic) bond motifs is 1. The van der Waals surface area contributed by atoms with Crippen LogP contribution in [0.2, 0.25) is 0 Å². The van der Waals surface area contributed by atoms with Crippen LogP contribution in [0.4, 0.5) is 0 Å². The van der Waals surface area contributed by atoms with Crippen molar-refractivity contribution in [3.63, 3.8) is 0 Å². The number of aryl methyl sites for hydroxylation is 1. The topological polar surface area (TPSA) is 81.2 Å². The highest BCUT2D eigenvalue weighted by atomic mass is 16.5. The lowest BCUT2D eigenvalue weighted by Crippen LogP contribution is -2.09. The van der Waals surface area contributed by atoms with E-state index in [1.165, 1.54) is 0 Å². The van der Waals surface area contributed by atoms with E-state index in [9.17, 15) is 9.90 Å². The first kappa shape index (κ1) is 13.4. The molecular formula is C15H15N3O3. The Kier molecular flexibility index (Phi) is 3.43. The second kappa shape index (κ2) is 5.40. The van der Waals surface area contributed by atoms with E-state index >= 15 is 0 Å². The summed E-state index contributed by atoms with van der Waals surface area (Å²) in [6, 6.07) is 9.17. The van der Waals surface area contributed by atoms with Crippen molar-refractivity contribution in [3.05, 3.63) is 47.7 Å². The summed E-state index contributed by atoms with van der Waals surface area (Å²) in [6.07, 6.45) is 1.69. The monoisotopic (exact) mass is 285 g/mol. The summed E-state index contributed by atoms with van der Waals surface area (Å²) in [5, 5.41) is 14.1. The first-order chi connectivity index (χ1) is 10.2. The SMILES string of the molecule is CCCc1noc(Cn2c(C(=O)O)cc3ccccc32)n1. The van der Waals surface area contributed by atoms with Gasteiger partial charge in [-0.25, -0.2) is 4.79 Å². The molecule has 21 heavy (non-hydrogen) atoms. The Hall–Kier alpha value is -2.63. The fourth-order valence-electron chi connectivity index (χ4n) is 2.37. The summed E-state index contributed by atoms with van der Waals surface area (Å²) in [6.45, 7) is 2.30. The van der Waals surface area contributed by atoms with Gasteiger partial charge < -0.3 is 14.2 Å². The van der Waals surface area contributed by atoms with E-state index < -0.39 is 5.97 Å². The van der Waals surface area contributed by atoms with Crippen molar-refractivity contribution in [2.24, 2.45) is 0 Å². The van der Waals surface area contributed by atoms with Gasteiger partial charge >= 0.3 is 5.97 Å². The van der Waals surface area contributed by atoms with Crippen molar-refractivity contribution >= 4 is 16.9 Å². The third-order valence-electron chi connectivity index (χ3n) is 3.31. The zero-order valence-electron chi connectivity index (χ0n) is 11.6. The van der Waals surface area contributed by atoms with Crippen LogP contribution in [0.15, 0.2) is 34.9 Å². The maximum absolute atomic E-state index is 11.4. The Balaban J connectivity index is 2.01. The summed E-state index contributed by atoms with van der Waals surface area (Å²) in [7, 11) is 0. The van der Waals surface area contributed by atoms with E-state index in [0.717, 1.165) is 23.7 Å². The highest BCUT2D eigenvalue weighted by Crippen LogP contribution is 2.21. The molecule has 1 aromatic carbocycles. The number of nitrogens with zero attached hydrogens (tertiary/aromatic N) is 3. The van der Waals surface area contributed by atoms with Gasteiger partial charge in [-0.3, -0.25) is 0 Å². The molecule has 0 fully saturated rings. The van der Waals surface area contributed by atoms with E-state index in [2.05, 4.69) is 10.1 Å². The van der Waals surface area contributed by atoms with Crippen molar-refractivity contribution < 1.29 is 14.4 Å². The lowest BCUT2D eigenvalue weighted by atomic mass is 10.2. The second-order valence-corrected chi connectivity index (χ2v) is 4.83. The summed E-state index contributed by atoms with van der Waals surface area (Å²) in [5.41, 5.74) is 1.05. The molecule has 3 aromatic rings. The van der Waals surface area contributed by atoms with Crippen LogP contribution < -0.4 is 0 Å². The van der Waals surface area contributed by atoms with Crippen molar-refractivity contribution in [1.82, 2.24) is 14.7 Å². The summed E-state index contributed by atoms with van der Waals surface area (Å²) in [4.78, 5) is 15.7. The molecule has 0 amide bonds. The molecule has 108 valence electrons. The lowest BCUT2D eigenvalue weighted by molar-refractivity contribution is 0.0686. The molecule has 0 unspecified atom stereocenters. The predicted molar refractivity (Wildman–Crippen MR) is 76.3 cm³/mol. The maximum atomic E-state index is 11.4. The fraction of sp³-hybridized carbons (Fsp3) is 0.267. The minimum absolute atomic E-state index is 0.214. The fourth-order valence-corrected chi connectivity index (χ4v) is 2.37. The Morgan fingerprint density at radius 2 is 2.19 bits per heavy atom. The van der Waals surface area contributed by atoms with Crippen LogP contribution in [0.1, 0.15) is 35.5 Å². The molecule has 0 radical (unpaired) electrons. The van der Waals surface area contributed by atoms with Gasteiger partial charge in [-0.05, 0) is 18.6 Å². The zero-order valence-corrected chi connectivity index (χ0v) is 11.6. The van der Waals surface area contributed by atoms with Crippen molar-refractivity contribution in [3.8, 4) is 0 Å². The molecule has 0 atom stereocenters. The van der Waals surface area contributed by atoms with E-state index in [4.69, 9.17) is 4.52 Å². The molecule has 0 saturated carbocycles. The first-order valence-electron chi connectivity index (χ1n) is 6.82. The molecule has 6 nitrogen and oxygen atoms in total. The van der Waals surface area contributed by atoms with Crippen molar-refractivity contribution in [2.45, 2.75) is 26.3 Å². The average Bonchev–Trinajstić information content (AvgIpc) is 3.05. The molecular weight excluding hydrogens is 270 g/mol. The van der Waals surface area contributed by atoms with E-state index in [0.29, 0.717) is 11.7 Å². The zero-order chi connectivity index (χ0) is 14.8. The standard InChI is InChI=1S/C15H15N3O3/c1-2-5-13-16-14(21-17-13)9-18-11-7-4-3-6-10(11)8-12(18)15(19)20/h3-4,6-8H,2,5,9H2,1H3,(H,19,20). The number of para-hydroxylation sites is 1. The van der Waals surface area contributed by atoms with Gasteiger partial charge in [-0.15, -0.1) is 0 Å². The number of carbonyl (C=O) groups is 1. The number of aromatic nitrogens is 3. The third-order valence-corrected chi connectivity index (χ3v) is 3.31. The van der Waals surface area contributed by atoms with Gasteiger partial charge in [-0.1, -0.05) is 30.3 Å². The summed E-state index contributed by atoms with van der Waals surface area (Å²) >= 11 is 0. The largest absolute Gasteiger partial charge is 0.477 e. The van der Waals surface area contributed by atoms with Gasteiger partial charge in [0.1, 0.15) is 12.2 Å². The van der Waals surface area contributed by atoms with Gasteiger partial charge in [-0.2, -0.15) is 4.98 Å².